The zero-order chi connectivity index (χ0) is 18.1. The van der Waals surface area contributed by atoms with Gasteiger partial charge in [0.25, 0.3) is 0 Å². The van der Waals surface area contributed by atoms with Crippen molar-refractivity contribution < 1.29 is 0 Å². The number of likely N-dealkylation sites (tertiary alicyclic amines) is 1. The molecule has 1 fully saturated rings. The van der Waals surface area contributed by atoms with E-state index in [0.717, 1.165) is 25.2 Å². The number of nitrogens with one attached hydrogen (secondary N) is 2. The van der Waals surface area contributed by atoms with E-state index < -0.39 is 0 Å². The maximum atomic E-state index is 4.61. The molecule has 1 aliphatic carbocycles. The van der Waals surface area contributed by atoms with E-state index in [1.165, 1.54) is 66.0 Å². The van der Waals surface area contributed by atoms with E-state index in [2.05, 4.69) is 68.9 Å². The van der Waals surface area contributed by atoms with E-state index in [1.54, 1.807) is 0 Å². The first-order valence-electron chi connectivity index (χ1n) is 10.1. The molecule has 1 aliphatic heterocycles. The summed E-state index contributed by atoms with van der Waals surface area (Å²) in [5, 5.41) is 11.4. The largest absolute Gasteiger partial charge is 0.384 e. The number of anilines is 1. The molecule has 0 bridgehead atoms. The molecule has 0 unspecified atom stereocenters. The Hall–Kier alpha value is -2.59. The first-order chi connectivity index (χ1) is 13.4. The molecule has 0 radical (unpaired) electrons. The minimum atomic E-state index is 0.965. The lowest BCUT2D eigenvalue weighted by atomic mass is 10.1. The summed E-state index contributed by atoms with van der Waals surface area (Å²) in [5.74, 6) is 0. The number of hydrogen-bond acceptors (Lipinski definition) is 3. The van der Waals surface area contributed by atoms with Crippen LogP contribution in [0.4, 0.5) is 5.69 Å². The second-order valence-electron chi connectivity index (χ2n) is 7.67. The van der Waals surface area contributed by atoms with Crippen molar-refractivity contribution in [2.45, 2.75) is 25.7 Å². The van der Waals surface area contributed by atoms with Gasteiger partial charge in [-0.3, -0.25) is 5.10 Å². The van der Waals surface area contributed by atoms with Crippen LogP contribution < -0.4 is 5.32 Å². The Kier molecular flexibility index (Phi) is 4.42. The summed E-state index contributed by atoms with van der Waals surface area (Å²) >= 11 is 0. The van der Waals surface area contributed by atoms with E-state index in [9.17, 15) is 0 Å². The van der Waals surface area contributed by atoms with Crippen LogP contribution in [0.2, 0.25) is 0 Å². The third-order valence-corrected chi connectivity index (χ3v) is 5.89. The van der Waals surface area contributed by atoms with Gasteiger partial charge in [0.05, 0.1) is 11.4 Å². The highest BCUT2D eigenvalue weighted by Crippen LogP contribution is 2.39. The fourth-order valence-electron chi connectivity index (χ4n) is 4.39. The van der Waals surface area contributed by atoms with Gasteiger partial charge in [-0.15, -0.1) is 0 Å². The normalized spacial score (nSPS) is 16.1. The lowest BCUT2D eigenvalue weighted by Gasteiger charge is -2.26. The van der Waals surface area contributed by atoms with Crippen LogP contribution in [0.1, 0.15) is 30.4 Å². The molecule has 1 aromatic heterocycles. The molecule has 4 nitrogen and oxygen atoms in total. The Labute approximate surface area is 160 Å². The highest BCUT2D eigenvalue weighted by Gasteiger charge is 2.24. The molecular weight excluding hydrogens is 332 g/mol. The Bertz CT molecular complexity index is 920. The van der Waals surface area contributed by atoms with E-state index in [4.69, 9.17) is 0 Å². The van der Waals surface area contributed by atoms with Crippen molar-refractivity contribution >= 4 is 5.69 Å². The molecule has 2 aromatic carbocycles. The minimum Gasteiger partial charge on any atom is -0.384 e. The van der Waals surface area contributed by atoms with E-state index in [1.807, 2.05) is 0 Å². The summed E-state index contributed by atoms with van der Waals surface area (Å²) in [7, 11) is 0. The SMILES string of the molecule is c1ccc2c(c1)Cc1c(-c3ccc(NCCN4CCCCC4)cc3)n[nH]c1-2. The van der Waals surface area contributed by atoms with Crippen molar-refractivity contribution in [3.05, 3.63) is 59.7 Å². The fourth-order valence-corrected chi connectivity index (χ4v) is 4.39. The molecule has 0 spiro atoms. The summed E-state index contributed by atoms with van der Waals surface area (Å²) in [5.41, 5.74) is 8.64. The number of aromatic amines is 1. The summed E-state index contributed by atoms with van der Waals surface area (Å²) < 4.78 is 0. The number of fused-ring (bicyclic) bond motifs is 3. The van der Waals surface area contributed by atoms with Crippen LogP contribution >= 0.6 is 0 Å². The average molecular weight is 358 g/mol. The number of piperidine rings is 1. The van der Waals surface area contributed by atoms with Gasteiger partial charge in [0.2, 0.25) is 0 Å². The standard InChI is InChI=1S/C23H26N4/c1-4-13-27(14-5-1)15-12-24-19-10-8-17(9-11-19)22-21-16-18-6-2-3-7-20(18)23(21)26-25-22/h2-3,6-11,24H,1,4-5,12-16H2,(H,25,26). The van der Waals surface area contributed by atoms with Crippen LogP contribution in [0, 0.1) is 0 Å². The minimum absolute atomic E-state index is 0.965. The number of aromatic nitrogens is 2. The second kappa shape index (κ2) is 7.20. The topological polar surface area (TPSA) is 44.0 Å². The molecule has 27 heavy (non-hydrogen) atoms. The Morgan fingerprint density at radius 2 is 1.78 bits per heavy atom. The Morgan fingerprint density at radius 1 is 0.963 bits per heavy atom. The van der Waals surface area contributed by atoms with Crippen LogP contribution in [0.15, 0.2) is 48.5 Å². The molecule has 4 heteroatoms. The van der Waals surface area contributed by atoms with Crippen molar-refractivity contribution in [3.8, 4) is 22.5 Å². The quantitative estimate of drug-likeness (QED) is 0.550. The molecular formula is C23H26N4. The van der Waals surface area contributed by atoms with Crippen LogP contribution in [-0.4, -0.2) is 41.3 Å². The summed E-state index contributed by atoms with van der Waals surface area (Å²) in [6, 6.07) is 17.3. The predicted octanol–water partition coefficient (Wildman–Crippen LogP) is 4.55. The molecule has 0 atom stereocenters. The van der Waals surface area contributed by atoms with Crippen molar-refractivity contribution in [1.29, 1.82) is 0 Å². The molecule has 3 aromatic rings. The summed E-state index contributed by atoms with van der Waals surface area (Å²) in [4.78, 5) is 2.57. The van der Waals surface area contributed by atoms with Gasteiger partial charge in [-0.05, 0) is 43.6 Å². The molecule has 0 amide bonds. The number of benzene rings is 2. The average Bonchev–Trinajstić information content (AvgIpc) is 3.29. The second-order valence-corrected chi connectivity index (χ2v) is 7.67. The molecule has 2 aliphatic rings. The molecule has 1 saturated heterocycles. The Balaban J connectivity index is 1.26. The van der Waals surface area contributed by atoms with Gasteiger partial charge >= 0.3 is 0 Å². The van der Waals surface area contributed by atoms with Gasteiger partial charge in [-0.25, -0.2) is 0 Å². The molecule has 138 valence electrons. The monoisotopic (exact) mass is 358 g/mol. The number of H-pyrrole nitrogens is 1. The third-order valence-electron chi connectivity index (χ3n) is 5.89. The van der Waals surface area contributed by atoms with Crippen LogP contribution in [0.3, 0.4) is 0 Å². The van der Waals surface area contributed by atoms with Crippen LogP contribution in [0.25, 0.3) is 22.5 Å². The summed E-state index contributed by atoms with van der Waals surface area (Å²) in [6.45, 7) is 4.65. The van der Waals surface area contributed by atoms with Gasteiger partial charge < -0.3 is 10.2 Å². The van der Waals surface area contributed by atoms with Crippen LogP contribution in [0.5, 0.6) is 0 Å². The van der Waals surface area contributed by atoms with E-state index in [-0.39, 0.29) is 0 Å². The van der Waals surface area contributed by atoms with Crippen molar-refractivity contribution in [2.75, 3.05) is 31.5 Å². The van der Waals surface area contributed by atoms with E-state index in [0.29, 0.717) is 0 Å². The first-order valence-corrected chi connectivity index (χ1v) is 10.1. The Morgan fingerprint density at radius 3 is 2.63 bits per heavy atom. The van der Waals surface area contributed by atoms with E-state index >= 15 is 0 Å². The molecule has 2 heterocycles. The van der Waals surface area contributed by atoms with Crippen molar-refractivity contribution in [1.82, 2.24) is 15.1 Å². The van der Waals surface area contributed by atoms with Gasteiger partial charge in [0, 0.05) is 41.9 Å². The maximum Gasteiger partial charge on any atom is 0.0962 e. The zero-order valence-corrected chi connectivity index (χ0v) is 15.7. The van der Waals surface area contributed by atoms with Crippen molar-refractivity contribution in [2.24, 2.45) is 0 Å². The molecule has 0 saturated carbocycles. The summed E-state index contributed by atoms with van der Waals surface area (Å²) in [6.07, 6.45) is 5.07. The first kappa shape index (κ1) is 16.6. The highest BCUT2D eigenvalue weighted by molar-refractivity contribution is 5.81. The lowest BCUT2D eigenvalue weighted by molar-refractivity contribution is 0.237. The third kappa shape index (κ3) is 3.26. The number of nitrogens with zero attached hydrogens (tertiary/aromatic N) is 2. The molecule has 2 N–H and O–H groups in total. The maximum absolute atomic E-state index is 4.61. The highest BCUT2D eigenvalue weighted by atomic mass is 15.1. The fraction of sp³-hybridized carbons (Fsp3) is 0.348. The van der Waals surface area contributed by atoms with Gasteiger partial charge in [0.1, 0.15) is 0 Å². The predicted molar refractivity (Wildman–Crippen MR) is 111 cm³/mol. The lowest BCUT2D eigenvalue weighted by Crippen LogP contribution is -2.33. The zero-order valence-electron chi connectivity index (χ0n) is 15.7. The number of rotatable bonds is 5. The van der Waals surface area contributed by atoms with Crippen LogP contribution in [-0.2, 0) is 6.42 Å². The van der Waals surface area contributed by atoms with Gasteiger partial charge in [0.15, 0.2) is 0 Å². The van der Waals surface area contributed by atoms with Crippen molar-refractivity contribution in [3.63, 3.8) is 0 Å². The van der Waals surface area contributed by atoms with Gasteiger partial charge in [-0.1, -0.05) is 42.8 Å². The molecule has 5 rings (SSSR count). The smallest absolute Gasteiger partial charge is 0.0962 e. The van der Waals surface area contributed by atoms with Gasteiger partial charge in [-0.2, -0.15) is 5.10 Å². The number of hydrogen-bond donors (Lipinski definition) is 2.